The van der Waals surface area contributed by atoms with Crippen molar-refractivity contribution in [2.75, 3.05) is 13.1 Å². The van der Waals surface area contributed by atoms with Crippen LogP contribution in [0.2, 0.25) is 0 Å². The average Bonchev–Trinajstić information content (AvgIpc) is 3.08. The quantitative estimate of drug-likeness (QED) is 0.883. The van der Waals surface area contributed by atoms with Crippen molar-refractivity contribution in [3.63, 3.8) is 0 Å². The Labute approximate surface area is 124 Å². The molecule has 0 spiro atoms. The van der Waals surface area contributed by atoms with Gasteiger partial charge in [-0.15, -0.1) is 0 Å². The van der Waals surface area contributed by atoms with Gasteiger partial charge in [0.1, 0.15) is 11.6 Å². The van der Waals surface area contributed by atoms with Gasteiger partial charge in [0.05, 0.1) is 6.54 Å². The maximum absolute atomic E-state index is 10.6. The molecule has 0 amide bonds. The van der Waals surface area contributed by atoms with Crippen LogP contribution in [0.3, 0.4) is 0 Å². The lowest BCUT2D eigenvalue weighted by Gasteiger charge is -2.25. The van der Waals surface area contributed by atoms with E-state index in [0.717, 1.165) is 17.9 Å². The van der Waals surface area contributed by atoms with E-state index >= 15 is 0 Å². The number of para-hydroxylation sites is 1. The van der Waals surface area contributed by atoms with Crippen LogP contribution in [0.25, 0.3) is 0 Å². The van der Waals surface area contributed by atoms with Gasteiger partial charge in [-0.1, -0.05) is 48.5 Å². The van der Waals surface area contributed by atoms with Crippen LogP contribution in [0.15, 0.2) is 65.7 Å². The first-order chi connectivity index (χ1) is 10.3. The maximum atomic E-state index is 10.6. The van der Waals surface area contributed by atoms with Crippen molar-refractivity contribution in [3.8, 4) is 5.75 Å². The van der Waals surface area contributed by atoms with E-state index in [1.54, 1.807) is 0 Å². The molecule has 3 rings (SSSR count). The molecule has 0 radical (unpaired) electrons. The summed E-state index contributed by atoms with van der Waals surface area (Å²) in [6.07, 6.45) is -1.30. The zero-order valence-electron chi connectivity index (χ0n) is 11.6. The van der Waals surface area contributed by atoms with Gasteiger partial charge in [-0.05, 0) is 17.7 Å². The summed E-state index contributed by atoms with van der Waals surface area (Å²) in [7, 11) is 0. The third-order valence-electron chi connectivity index (χ3n) is 3.40. The normalized spacial score (nSPS) is 16.7. The van der Waals surface area contributed by atoms with E-state index < -0.39 is 12.2 Å². The Morgan fingerprint density at radius 2 is 1.67 bits per heavy atom. The minimum atomic E-state index is -0.810. The van der Waals surface area contributed by atoms with Crippen molar-refractivity contribution < 1.29 is 9.84 Å². The van der Waals surface area contributed by atoms with E-state index in [1.165, 1.54) is 0 Å². The Kier molecular flexibility index (Phi) is 4.17. The number of ether oxygens (including phenoxy) is 1. The Morgan fingerprint density at radius 1 is 1.00 bits per heavy atom. The Hall–Kier alpha value is -2.33. The van der Waals surface area contributed by atoms with Gasteiger partial charge in [-0.25, -0.2) is 0 Å². The third kappa shape index (κ3) is 3.23. The van der Waals surface area contributed by atoms with Crippen molar-refractivity contribution in [2.24, 2.45) is 4.99 Å². The first kappa shape index (κ1) is 13.6. The summed E-state index contributed by atoms with van der Waals surface area (Å²) in [5, 5.41) is 13.7. The summed E-state index contributed by atoms with van der Waals surface area (Å²) in [4.78, 5) is 4.30. The number of rotatable bonds is 5. The summed E-state index contributed by atoms with van der Waals surface area (Å²) in [5.74, 6) is 1.32. The van der Waals surface area contributed by atoms with E-state index in [0.29, 0.717) is 12.4 Å². The molecular weight excluding hydrogens is 264 g/mol. The lowest BCUT2D eigenvalue weighted by Crippen LogP contribution is -2.38. The van der Waals surface area contributed by atoms with Gasteiger partial charge in [0.25, 0.3) is 0 Å². The molecule has 0 saturated carbocycles. The largest absolute Gasteiger partial charge is 0.483 e. The van der Waals surface area contributed by atoms with Crippen LogP contribution in [0.4, 0.5) is 0 Å². The zero-order chi connectivity index (χ0) is 14.5. The zero-order valence-corrected chi connectivity index (χ0v) is 11.6. The standard InChI is InChI=1S/C17H18N2O2/c20-15(17-18-11-12-19-17)16(13-7-3-1-4-8-13)21-14-9-5-2-6-10-14/h1-10,15-16,20H,11-12H2,(H,18,19). The number of aliphatic hydroxyl groups is 1. The first-order valence-corrected chi connectivity index (χ1v) is 7.07. The van der Waals surface area contributed by atoms with E-state index in [9.17, 15) is 5.11 Å². The smallest absolute Gasteiger partial charge is 0.157 e. The van der Waals surface area contributed by atoms with E-state index in [1.807, 2.05) is 60.7 Å². The van der Waals surface area contributed by atoms with Crippen molar-refractivity contribution in [3.05, 3.63) is 66.2 Å². The van der Waals surface area contributed by atoms with Crippen LogP contribution in [0.1, 0.15) is 11.7 Å². The minimum Gasteiger partial charge on any atom is -0.483 e. The molecule has 1 heterocycles. The van der Waals surface area contributed by atoms with Crippen LogP contribution in [0.5, 0.6) is 5.75 Å². The number of aliphatic imine (C=N–C) groups is 1. The molecule has 2 aromatic carbocycles. The number of hydrogen-bond acceptors (Lipinski definition) is 4. The third-order valence-corrected chi connectivity index (χ3v) is 3.40. The Bertz CT molecular complexity index is 599. The summed E-state index contributed by atoms with van der Waals surface area (Å²) >= 11 is 0. The highest BCUT2D eigenvalue weighted by Crippen LogP contribution is 2.25. The van der Waals surface area contributed by atoms with Crippen molar-refractivity contribution >= 4 is 5.84 Å². The highest BCUT2D eigenvalue weighted by atomic mass is 16.5. The SMILES string of the molecule is OC(C1=NCCN1)C(Oc1ccccc1)c1ccccc1. The Balaban J connectivity index is 1.87. The first-order valence-electron chi connectivity index (χ1n) is 7.07. The number of hydrogen-bond donors (Lipinski definition) is 2. The molecule has 108 valence electrons. The van der Waals surface area contributed by atoms with Crippen LogP contribution in [-0.2, 0) is 0 Å². The van der Waals surface area contributed by atoms with Crippen molar-refractivity contribution in [2.45, 2.75) is 12.2 Å². The predicted octanol–water partition coefficient (Wildman–Crippen LogP) is 2.17. The number of benzene rings is 2. The number of aliphatic hydroxyl groups excluding tert-OH is 1. The van der Waals surface area contributed by atoms with Gasteiger partial charge < -0.3 is 15.2 Å². The van der Waals surface area contributed by atoms with E-state index in [-0.39, 0.29) is 0 Å². The van der Waals surface area contributed by atoms with Gasteiger partial charge in [0, 0.05) is 6.54 Å². The molecule has 2 atom stereocenters. The monoisotopic (exact) mass is 282 g/mol. The molecule has 21 heavy (non-hydrogen) atoms. The van der Waals surface area contributed by atoms with Crippen LogP contribution < -0.4 is 10.1 Å². The number of nitrogens with one attached hydrogen (secondary N) is 1. The van der Waals surface area contributed by atoms with Crippen molar-refractivity contribution in [1.82, 2.24) is 5.32 Å². The second-order valence-electron chi connectivity index (χ2n) is 4.90. The topological polar surface area (TPSA) is 53.9 Å². The van der Waals surface area contributed by atoms with Gasteiger partial charge in [-0.2, -0.15) is 0 Å². The molecule has 2 unspecified atom stereocenters. The molecule has 0 aliphatic carbocycles. The molecule has 0 aromatic heterocycles. The lowest BCUT2D eigenvalue weighted by molar-refractivity contribution is 0.0772. The lowest BCUT2D eigenvalue weighted by atomic mass is 10.0. The highest BCUT2D eigenvalue weighted by molar-refractivity contribution is 5.88. The molecule has 0 bridgehead atoms. The fourth-order valence-electron chi connectivity index (χ4n) is 2.36. The molecule has 0 fully saturated rings. The predicted molar refractivity (Wildman–Crippen MR) is 82.6 cm³/mol. The maximum Gasteiger partial charge on any atom is 0.157 e. The second kappa shape index (κ2) is 6.41. The molecule has 2 N–H and O–H groups in total. The van der Waals surface area contributed by atoms with Gasteiger partial charge >= 0.3 is 0 Å². The van der Waals surface area contributed by atoms with Gasteiger partial charge in [0.2, 0.25) is 0 Å². The molecule has 1 aliphatic heterocycles. The minimum absolute atomic E-state index is 0.488. The molecule has 2 aromatic rings. The molecule has 1 aliphatic rings. The van der Waals surface area contributed by atoms with Crippen LogP contribution in [-0.4, -0.2) is 30.1 Å². The number of amidine groups is 1. The summed E-state index contributed by atoms with van der Waals surface area (Å²) < 4.78 is 6.00. The summed E-state index contributed by atoms with van der Waals surface area (Å²) in [5.41, 5.74) is 0.922. The molecular formula is C17H18N2O2. The van der Waals surface area contributed by atoms with Crippen molar-refractivity contribution in [1.29, 1.82) is 0 Å². The fourth-order valence-corrected chi connectivity index (χ4v) is 2.36. The number of nitrogens with zero attached hydrogens (tertiary/aromatic N) is 1. The van der Waals surface area contributed by atoms with Gasteiger partial charge in [-0.3, -0.25) is 4.99 Å². The highest BCUT2D eigenvalue weighted by Gasteiger charge is 2.29. The molecule has 4 heteroatoms. The summed E-state index contributed by atoms with van der Waals surface area (Å²) in [6.45, 7) is 1.46. The Morgan fingerprint density at radius 3 is 2.29 bits per heavy atom. The summed E-state index contributed by atoms with van der Waals surface area (Å²) in [6, 6.07) is 19.2. The van der Waals surface area contributed by atoms with E-state index in [2.05, 4.69) is 10.3 Å². The van der Waals surface area contributed by atoms with E-state index in [4.69, 9.17) is 4.74 Å². The average molecular weight is 282 g/mol. The fraction of sp³-hybridized carbons (Fsp3) is 0.235. The molecule has 4 nitrogen and oxygen atoms in total. The van der Waals surface area contributed by atoms with Crippen LogP contribution in [0, 0.1) is 0 Å². The second-order valence-corrected chi connectivity index (χ2v) is 4.90. The van der Waals surface area contributed by atoms with Gasteiger partial charge in [0.15, 0.2) is 12.2 Å². The van der Waals surface area contributed by atoms with Crippen LogP contribution >= 0.6 is 0 Å². The molecule has 0 saturated heterocycles.